The van der Waals surface area contributed by atoms with E-state index in [4.69, 9.17) is 4.74 Å². The van der Waals surface area contributed by atoms with E-state index in [0.29, 0.717) is 30.1 Å². The van der Waals surface area contributed by atoms with Gasteiger partial charge in [0.2, 0.25) is 0 Å². The van der Waals surface area contributed by atoms with E-state index in [2.05, 4.69) is 0 Å². The molecule has 2 aliphatic carbocycles. The highest BCUT2D eigenvalue weighted by Crippen LogP contribution is 2.53. The molecule has 4 heteroatoms. The van der Waals surface area contributed by atoms with Crippen LogP contribution in [0.4, 0.5) is 4.79 Å². The number of ketones is 1. The number of nitrogens with zero attached hydrogens (tertiary/aromatic N) is 1. The van der Waals surface area contributed by atoms with Crippen molar-refractivity contribution >= 4 is 11.9 Å². The fourth-order valence-corrected chi connectivity index (χ4v) is 3.94. The molecule has 1 heterocycles. The van der Waals surface area contributed by atoms with Crippen molar-refractivity contribution in [2.24, 2.45) is 23.7 Å². The van der Waals surface area contributed by atoms with E-state index >= 15 is 0 Å². The van der Waals surface area contributed by atoms with E-state index < -0.39 is 5.60 Å². The molecule has 100 valence electrons. The van der Waals surface area contributed by atoms with E-state index in [9.17, 15) is 9.59 Å². The average molecular weight is 251 g/mol. The minimum Gasteiger partial charge on any atom is -0.444 e. The van der Waals surface area contributed by atoms with Crippen LogP contribution in [0.1, 0.15) is 33.6 Å². The van der Waals surface area contributed by atoms with Crippen molar-refractivity contribution in [3.63, 3.8) is 0 Å². The molecule has 0 N–H and O–H groups in total. The summed E-state index contributed by atoms with van der Waals surface area (Å²) in [6.07, 6.45) is 1.59. The number of Topliss-reactive ketones (excluding diaryl/α,β-unsaturated/α-hetero) is 1. The number of amides is 1. The summed E-state index contributed by atoms with van der Waals surface area (Å²) in [7, 11) is 0. The maximum Gasteiger partial charge on any atom is 0.410 e. The lowest BCUT2D eigenvalue weighted by molar-refractivity contribution is -0.123. The molecule has 0 aromatic heterocycles. The molecule has 1 saturated heterocycles. The van der Waals surface area contributed by atoms with Gasteiger partial charge in [0.15, 0.2) is 0 Å². The Labute approximate surface area is 108 Å². The van der Waals surface area contributed by atoms with Gasteiger partial charge in [-0.05, 0) is 44.9 Å². The van der Waals surface area contributed by atoms with Crippen LogP contribution in [0.3, 0.4) is 0 Å². The maximum atomic E-state index is 12.0. The van der Waals surface area contributed by atoms with Gasteiger partial charge in [0.05, 0.1) is 0 Å². The fraction of sp³-hybridized carbons (Fsp3) is 0.857. The minimum atomic E-state index is -0.441. The molecule has 3 aliphatic rings. The number of carbonyl (C=O) groups is 2. The van der Waals surface area contributed by atoms with Gasteiger partial charge in [-0.15, -0.1) is 0 Å². The summed E-state index contributed by atoms with van der Waals surface area (Å²) in [4.78, 5) is 25.6. The van der Waals surface area contributed by atoms with Crippen LogP contribution < -0.4 is 0 Å². The quantitative estimate of drug-likeness (QED) is 0.662. The van der Waals surface area contributed by atoms with Gasteiger partial charge in [0, 0.05) is 25.4 Å². The van der Waals surface area contributed by atoms with E-state index in [1.807, 2.05) is 20.8 Å². The van der Waals surface area contributed by atoms with Crippen LogP contribution in [-0.4, -0.2) is 35.5 Å². The van der Waals surface area contributed by atoms with E-state index in [0.717, 1.165) is 19.4 Å². The summed E-state index contributed by atoms with van der Waals surface area (Å²) < 4.78 is 5.41. The van der Waals surface area contributed by atoms with Crippen LogP contribution >= 0.6 is 0 Å². The molecular weight excluding hydrogens is 230 g/mol. The number of fused-ring (bicyclic) bond motifs is 5. The molecule has 2 bridgehead atoms. The first-order valence-corrected chi connectivity index (χ1v) is 6.86. The molecular formula is C14H21NO3. The number of ether oxygens (including phenoxy) is 1. The summed E-state index contributed by atoms with van der Waals surface area (Å²) in [6, 6.07) is 0. The molecule has 4 atom stereocenters. The summed E-state index contributed by atoms with van der Waals surface area (Å²) in [6.45, 7) is 7.15. The highest BCUT2D eigenvalue weighted by Gasteiger charge is 2.56. The fourth-order valence-electron chi connectivity index (χ4n) is 3.94. The van der Waals surface area contributed by atoms with Gasteiger partial charge < -0.3 is 9.64 Å². The van der Waals surface area contributed by atoms with Crippen LogP contribution in [-0.2, 0) is 9.53 Å². The van der Waals surface area contributed by atoms with E-state index in [1.54, 1.807) is 4.90 Å². The Kier molecular flexibility index (Phi) is 2.48. The maximum absolute atomic E-state index is 12.0. The van der Waals surface area contributed by atoms with Crippen molar-refractivity contribution in [1.82, 2.24) is 4.90 Å². The van der Waals surface area contributed by atoms with Gasteiger partial charge in [-0.1, -0.05) is 0 Å². The Bertz CT molecular complexity index is 398. The second-order valence-corrected chi connectivity index (χ2v) is 6.99. The number of hydrogen-bond acceptors (Lipinski definition) is 3. The van der Waals surface area contributed by atoms with Crippen molar-refractivity contribution in [3.05, 3.63) is 0 Å². The molecule has 0 unspecified atom stereocenters. The Hall–Kier alpha value is -1.06. The summed E-state index contributed by atoms with van der Waals surface area (Å²) in [5.74, 6) is 2.13. The third kappa shape index (κ3) is 1.82. The summed E-state index contributed by atoms with van der Waals surface area (Å²) >= 11 is 0. The lowest BCUT2D eigenvalue weighted by Crippen LogP contribution is -2.36. The second kappa shape index (κ2) is 3.72. The molecule has 1 aliphatic heterocycles. The normalized spacial score (nSPS) is 38.2. The zero-order valence-corrected chi connectivity index (χ0v) is 11.3. The van der Waals surface area contributed by atoms with Crippen molar-refractivity contribution in [1.29, 1.82) is 0 Å². The molecule has 3 fully saturated rings. The van der Waals surface area contributed by atoms with Gasteiger partial charge in [-0.3, -0.25) is 4.79 Å². The Morgan fingerprint density at radius 1 is 1.28 bits per heavy atom. The van der Waals surface area contributed by atoms with Gasteiger partial charge >= 0.3 is 6.09 Å². The molecule has 0 aromatic rings. The predicted molar refractivity (Wildman–Crippen MR) is 66.0 cm³/mol. The number of carbonyl (C=O) groups excluding carboxylic acids is 2. The molecule has 1 amide bonds. The van der Waals surface area contributed by atoms with Crippen molar-refractivity contribution in [3.8, 4) is 0 Å². The zero-order chi connectivity index (χ0) is 13.1. The van der Waals surface area contributed by atoms with E-state index in [1.165, 1.54) is 0 Å². The van der Waals surface area contributed by atoms with Crippen LogP contribution in [0.15, 0.2) is 0 Å². The Balaban J connectivity index is 1.67. The standard InChI is InChI=1S/C14H21NO3/c1-14(2,3)18-13(17)15-6-10-8-4-9(11(10)7-15)12(16)5-8/h8-11H,4-7H2,1-3H3/t8-,9+,10+,11+/m1/s1. The number of hydrogen-bond donors (Lipinski definition) is 0. The minimum absolute atomic E-state index is 0.219. The number of likely N-dealkylation sites (tertiary alicyclic amines) is 1. The second-order valence-electron chi connectivity index (χ2n) is 6.99. The van der Waals surface area contributed by atoms with Crippen molar-refractivity contribution in [2.75, 3.05) is 13.1 Å². The molecule has 0 spiro atoms. The molecule has 3 rings (SSSR count). The van der Waals surface area contributed by atoms with Crippen LogP contribution in [0.5, 0.6) is 0 Å². The third-order valence-electron chi connectivity index (χ3n) is 4.62. The molecule has 4 nitrogen and oxygen atoms in total. The molecule has 0 aromatic carbocycles. The summed E-state index contributed by atoms with van der Waals surface area (Å²) in [5.41, 5.74) is -0.441. The molecule has 0 radical (unpaired) electrons. The van der Waals surface area contributed by atoms with Crippen LogP contribution in [0.25, 0.3) is 0 Å². The predicted octanol–water partition coefficient (Wildman–Crippen LogP) is 2.08. The van der Waals surface area contributed by atoms with Gasteiger partial charge in [-0.2, -0.15) is 0 Å². The van der Waals surface area contributed by atoms with Crippen molar-refractivity contribution < 1.29 is 14.3 Å². The lowest BCUT2D eigenvalue weighted by Gasteiger charge is -2.25. The van der Waals surface area contributed by atoms with Crippen LogP contribution in [0.2, 0.25) is 0 Å². The first-order valence-electron chi connectivity index (χ1n) is 6.86. The topological polar surface area (TPSA) is 46.6 Å². The highest BCUT2D eigenvalue weighted by molar-refractivity contribution is 5.85. The first kappa shape index (κ1) is 12.0. The zero-order valence-electron chi connectivity index (χ0n) is 11.3. The smallest absolute Gasteiger partial charge is 0.410 e. The Morgan fingerprint density at radius 2 is 1.94 bits per heavy atom. The third-order valence-corrected chi connectivity index (χ3v) is 4.62. The molecule has 2 saturated carbocycles. The SMILES string of the molecule is CC(C)(C)OC(=O)N1C[C@@H]2[C@@H](C1)[C@H]1CC(=O)[C@H]2C1. The van der Waals surface area contributed by atoms with Gasteiger partial charge in [-0.25, -0.2) is 4.79 Å². The van der Waals surface area contributed by atoms with Crippen LogP contribution in [0, 0.1) is 23.7 Å². The lowest BCUT2D eigenvalue weighted by atomic mass is 9.81. The average Bonchev–Trinajstić information content (AvgIpc) is 2.82. The summed E-state index contributed by atoms with van der Waals surface area (Å²) in [5, 5.41) is 0. The molecule has 18 heavy (non-hydrogen) atoms. The monoisotopic (exact) mass is 251 g/mol. The van der Waals surface area contributed by atoms with Crippen molar-refractivity contribution in [2.45, 2.75) is 39.2 Å². The first-order chi connectivity index (χ1) is 8.35. The van der Waals surface area contributed by atoms with Gasteiger partial charge in [0.1, 0.15) is 11.4 Å². The van der Waals surface area contributed by atoms with Gasteiger partial charge in [0.25, 0.3) is 0 Å². The Morgan fingerprint density at radius 3 is 2.61 bits per heavy atom. The largest absolute Gasteiger partial charge is 0.444 e. The van der Waals surface area contributed by atoms with E-state index in [-0.39, 0.29) is 12.0 Å². The number of rotatable bonds is 0. The highest BCUT2D eigenvalue weighted by atomic mass is 16.6.